The molecule has 4 nitrogen and oxygen atoms in total. The quantitative estimate of drug-likeness (QED) is 0.722. The van der Waals surface area contributed by atoms with Gasteiger partial charge in [0.2, 0.25) is 5.95 Å². The van der Waals surface area contributed by atoms with E-state index in [-0.39, 0.29) is 0 Å². The Morgan fingerprint density at radius 1 is 1.15 bits per heavy atom. The van der Waals surface area contributed by atoms with E-state index in [4.69, 9.17) is 4.74 Å². The Bertz CT molecular complexity index is 700. The van der Waals surface area contributed by atoms with E-state index < -0.39 is 0 Å². The molecule has 102 valence electrons. The standard InChI is InChI=1S/C16H17N3O/c1-20-12-10-18-16-17-9-11-19(16)15-8-4-6-13-5-2-3-7-14(13)15/h2-9,11H,10,12H2,1H3,(H,17,18). The Labute approximate surface area is 118 Å². The number of nitrogens with zero attached hydrogens (tertiary/aromatic N) is 2. The number of hydrogen-bond acceptors (Lipinski definition) is 3. The molecule has 0 aliphatic heterocycles. The third-order valence-corrected chi connectivity index (χ3v) is 3.26. The van der Waals surface area contributed by atoms with Crippen LogP contribution in [0.1, 0.15) is 0 Å². The van der Waals surface area contributed by atoms with E-state index in [1.165, 1.54) is 10.8 Å². The molecule has 2 aromatic carbocycles. The molecule has 3 rings (SSSR count). The molecule has 1 N–H and O–H groups in total. The van der Waals surface area contributed by atoms with Crippen molar-refractivity contribution in [3.05, 3.63) is 54.9 Å². The maximum atomic E-state index is 5.06. The minimum absolute atomic E-state index is 0.655. The smallest absolute Gasteiger partial charge is 0.207 e. The predicted octanol–water partition coefficient (Wildman–Crippen LogP) is 3.08. The van der Waals surface area contributed by atoms with Gasteiger partial charge in [-0.1, -0.05) is 36.4 Å². The number of aromatic nitrogens is 2. The molecule has 0 saturated heterocycles. The predicted molar refractivity (Wildman–Crippen MR) is 81.4 cm³/mol. The molecular formula is C16H17N3O. The molecular weight excluding hydrogens is 250 g/mol. The summed E-state index contributed by atoms with van der Waals surface area (Å²) >= 11 is 0. The molecule has 4 heteroatoms. The van der Waals surface area contributed by atoms with Gasteiger partial charge in [0, 0.05) is 31.4 Å². The van der Waals surface area contributed by atoms with Crippen molar-refractivity contribution in [2.24, 2.45) is 0 Å². The fraction of sp³-hybridized carbons (Fsp3) is 0.188. The first-order chi connectivity index (χ1) is 9.90. The molecule has 0 aliphatic rings. The number of hydrogen-bond donors (Lipinski definition) is 1. The number of anilines is 1. The van der Waals surface area contributed by atoms with Crippen molar-refractivity contribution in [2.75, 3.05) is 25.6 Å². The van der Waals surface area contributed by atoms with Gasteiger partial charge in [0.25, 0.3) is 0 Å². The van der Waals surface area contributed by atoms with Gasteiger partial charge in [0.1, 0.15) is 0 Å². The summed E-state index contributed by atoms with van der Waals surface area (Å²) in [4.78, 5) is 4.37. The Balaban J connectivity index is 2.01. The normalized spacial score (nSPS) is 10.8. The molecule has 0 atom stereocenters. The maximum Gasteiger partial charge on any atom is 0.207 e. The van der Waals surface area contributed by atoms with Crippen LogP contribution >= 0.6 is 0 Å². The summed E-state index contributed by atoms with van der Waals surface area (Å²) in [5.41, 5.74) is 1.13. The van der Waals surface area contributed by atoms with Crippen LogP contribution in [0.2, 0.25) is 0 Å². The highest BCUT2D eigenvalue weighted by Gasteiger charge is 2.07. The average molecular weight is 267 g/mol. The van der Waals surface area contributed by atoms with Crippen molar-refractivity contribution in [1.29, 1.82) is 0 Å². The van der Waals surface area contributed by atoms with E-state index in [0.29, 0.717) is 6.61 Å². The second-order valence-electron chi connectivity index (χ2n) is 4.54. The van der Waals surface area contributed by atoms with Gasteiger partial charge in [-0.05, 0) is 11.5 Å². The van der Waals surface area contributed by atoms with Gasteiger partial charge < -0.3 is 10.1 Å². The zero-order valence-corrected chi connectivity index (χ0v) is 11.4. The van der Waals surface area contributed by atoms with E-state index in [1.807, 2.05) is 6.20 Å². The molecule has 3 aromatic rings. The molecule has 0 amide bonds. The molecule has 20 heavy (non-hydrogen) atoms. The van der Waals surface area contributed by atoms with Crippen LogP contribution in [-0.4, -0.2) is 29.8 Å². The summed E-state index contributed by atoms with van der Waals surface area (Å²) in [7, 11) is 1.69. The van der Waals surface area contributed by atoms with Crippen molar-refractivity contribution in [2.45, 2.75) is 0 Å². The first-order valence-corrected chi connectivity index (χ1v) is 6.64. The van der Waals surface area contributed by atoms with Crippen LogP contribution < -0.4 is 5.32 Å². The molecule has 0 bridgehead atoms. The third-order valence-electron chi connectivity index (χ3n) is 3.26. The third kappa shape index (κ3) is 2.38. The van der Waals surface area contributed by atoms with Crippen LogP contribution in [0.3, 0.4) is 0 Å². The highest BCUT2D eigenvalue weighted by Crippen LogP contribution is 2.24. The minimum atomic E-state index is 0.655. The highest BCUT2D eigenvalue weighted by atomic mass is 16.5. The monoisotopic (exact) mass is 267 g/mol. The van der Waals surface area contributed by atoms with E-state index in [1.54, 1.807) is 13.3 Å². The average Bonchev–Trinajstić information content (AvgIpc) is 2.95. The van der Waals surface area contributed by atoms with E-state index >= 15 is 0 Å². The summed E-state index contributed by atoms with van der Waals surface area (Å²) in [6, 6.07) is 14.6. The van der Waals surface area contributed by atoms with Crippen molar-refractivity contribution in [1.82, 2.24) is 9.55 Å². The zero-order valence-electron chi connectivity index (χ0n) is 11.4. The Hall–Kier alpha value is -2.33. The zero-order chi connectivity index (χ0) is 13.8. The second-order valence-corrected chi connectivity index (χ2v) is 4.54. The molecule has 0 radical (unpaired) electrons. The van der Waals surface area contributed by atoms with Gasteiger partial charge in [-0.25, -0.2) is 4.98 Å². The van der Waals surface area contributed by atoms with Gasteiger partial charge in [-0.15, -0.1) is 0 Å². The van der Waals surface area contributed by atoms with Crippen LogP contribution in [0.4, 0.5) is 5.95 Å². The molecule has 1 heterocycles. The van der Waals surface area contributed by atoms with Gasteiger partial charge in [0.05, 0.1) is 12.3 Å². The first-order valence-electron chi connectivity index (χ1n) is 6.64. The Morgan fingerprint density at radius 3 is 2.90 bits per heavy atom. The summed E-state index contributed by atoms with van der Waals surface area (Å²) in [6.07, 6.45) is 3.77. The van der Waals surface area contributed by atoms with Crippen molar-refractivity contribution in [3.8, 4) is 5.69 Å². The number of nitrogens with one attached hydrogen (secondary N) is 1. The van der Waals surface area contributed by atoms with Crippen LogP contribution in [0, 0.1) is 0 Å². The largest absolute Gasteiger partial charge is 0.383 e. The van der Waals surface area contributed by atoms with Crippen molar-refractivity contribution < 1.29 is 4.74 Å². The summed E-state index contributed by atoms with van der Waals surface area (Å²) < 4.78 is 7.12. The molecule has 1 aromatic heterocycles. The molecule has 0 spiro atoms. The lowest BCUT2D eigenvalue weighted by molar-refractivity contribution is 0.210. The van der Waals surface area contributed by atoms with E-state index in [9.17, 15) is 0 Å². The van der Waals surface area contributed by atoms with Gasteiger partial charge in [0.15, 0.2) is 0 Å². The molecule has 0 unspecified atom stereocenters. The number of rotatable bonds is 5. The lowest BCUT2D eigenvalue weighted by Gasteiger charge is -2.12. The SMILES string of the molecule is COCCNc1nccn1-c1cccc2ccccc12. The number of fused-ring (bicyclic) bond motifs is 1. The Morgan fingerprint density at radius 2 is 2.00 bits per heavy atom. The number of imidazole rings is 1. The molecule has 0 aliphatic carbocycles. The van der Waals surface area contributed by atoms with Gasteiger partial charge in [-0.3, -0.25) is 4.57 Å². The molecule has 0 fully saturated rings. The topological polar surface area (TPSA) is 39.1 Å². The molecule has 0 saturated carbocycles. The van der Waals surface area contributed by atoms with Crippen LogP contribution in [0.15, 0.2) is 54.9 Å². The van der Waals surface area contributed by atoms with E-state index in [0.717, 1.165) is 18.2 Å². The van der Waals surface area contributed by atoms with Crippen molar-refractivity contribution in [3.63, 3.8) is 0 Å². The van der Waals surface area contributed by atoms with Crippen LogP contribution in [0.25, 0.3) is 16.5 Å². The fourth-order valence-electron chi connectivity index (χ4n) is 2.31. The fourth-order valence-corrected chi connectivity index (χ4v) is 2.31. The first kappa shape index (κ1) is 12.7. The van der Waals surface area contributed by atoms with Crippen LogP contribution in [0.5, 0.6) is 0 Å². The van der Waals surface area contributed by atoms with Crippen LogP contribution in [-0.2, 0) is 4.74 Å². The number of benzene rings is 2. The van der Waals surface area contributed by atoms with Gasteiger partial charge in [-0.2, -0.15) is 0 Å². The second kappa shape index (κ2) is 5.75. The maximum absolute atomic E-state index is 5.06. The lowest BCUT2D eigenvalue weighted by Crippen LogP contribution is -2.11. The number of methoxy groups -OCH3 is 1. The van der Waals surface area contributed by atoms with Crippen molar-refractivity contribution >= 4 is 16.7 Å². The minimum Gasteiger partial charge on any atom is -0.383 e. The summed E-state index contributed by atoms with van der Waals surface area (Å²) in [5.74, 6) is 0.832. The Kier molecular flexibility index (Phi) is 3.65. The summed E-state index contributed by atoms with van der Waals surface area (Å²) in [5, 5.41) is 5.72. The lowest BCUT2D eigenvalue weighted by atomic mass is 10.1. The highest BCUT2D eigenvalue weighted by molar-refractivity contribution is 5.90. The summed E-state index contributed by atoms with van der Waals surface area (Å²) in [6.45, 7) is 1.39. The number of ether oxygens (including phenoxy) is 1. The van der Waals surface area contributed by atoms with Gasteiger partial charge >= 0.3 is 0 Å². The van der Waals surface area contributed by atoms with E-state index in [2.05, 4.69) is 57.3 Å².